The SMILES string of the molecule is CN(C)CCOc1cccc(-n2nc(C(C)(C)C)cc2NC(=O)N[C@H]2CC[C@@H](Oc3ccc4nnc(N5CCCCC5)n4c3)c3ccccc32)c1.O=CO. The van der Waals surface area contributed by atoms with Crippen LogP contribution in [0.1, 0.15) is 81.8 Å². The summed E-state index contributed by atoms with van der Waals surface area (Å²) in [5.74, 6) is 2.96. The Hall–Kier alpha value is -5.63. The molecule has 2 amide bonds. The summed E-state index contributed by atoms with van der Waals surface area (Å²) in [4.78, 5) is 26.4. The smallest absolute Gasteiger partial charge is 0.320 e. The summed E-state index contributed by atoms with van der Waals surface area (Å²) in [6, 6.07) is 21.4. The van der Waals surface area contributed by atoms with Gasteiger partial charge in [0.15, 0.2) is 5.65 Å². The van der Waals surface area contributed by atoms with Crippen molar-refractivity contribution in [2.24, 2.45) is 0 Å². The van der Waals surface area contributed by atoms with Gasteiger partial charge in [0.2, 0.25) is 5.95 Å². The minimum Gasteiger partial charge on any atom is -0.492 e. The Morgan fingerprint density at radius 1 is 0.963 bits per heavy atom. The average Bonchev–Trinajstić information content (AvgIpc) is 3.78. The maximum Gasteiger partial charge on any atom is 0.320 e. The number of aromatic nitrogens is 5. The molecule has 14 heteroatoms. The van der Waals surface area contributed by atoms with Crippen LogP contribution in [0.5, 0.6) is 11.5 Å². The van der Waals surface area contributed by atoms with Crippen LogP contribution in [0, 0.1) is 0 Å². The number of pyridine rings is 1. The van der Waals surface area contributed by atoms with Gasteiger partial charge in [0, 0.05) is 37.2 Å². The first kappa shape index (κ1) is 38.1. The molecule has 0 unspecified atom stereocenters. The molecule has 286 valence electrons. The van der Waals surface area contributed by atoms with Crippen LogP contribution in [0.25, 0.3) is 11.3 Å². The van der Waals surface area contributed by atoms with Crippen molar-refractivity contribution >= 4 is 29.9 Å². The predicted octanol–water partition coefficient (Wildman–Crippen LogP) is 6.62. The van der Waals surface area contributed by atoms with Gasteiger partial charge in [-0.15, -0.1) is 10.2 Å². The molecule has 2 aromatic carbocycles. The number of anilines is 2. The van der Waals surface area contributed by atoms with Crippen LogP contribution < -0.4 is 25.0 Å². The standard InChI is InChI=1S/C39H49N9O3.CH2O2/c1-39(2,3)34-25-36(48(44-34)27-12-11-13-28(24-27)50-23-22-45(4)5)41-37(49)40-32-17-18-33(31-15-8-7-14-30(31)32)51-29-16-19-35-42-43-38(47(35)26-29)46-20-9-6-10-21-46;2-1-3/h7-8,11-16,19,24-26,32-33H,6,9-10,17-18,20-23H2,1-5H3,(H2,40,41,49);1H,(H,2,3)/t32-,33+;/m0./s1. The van der Waals surface area contributed by atoms with Crippen molar-refractivity contribution in [2.45, 2.75) is 70.4 Å². The van der Waals surface area contributed by atoms with Crippen LogP contribution >= 0.6 is 0 Å². The molecule has 0 saturated carbocycles. The maximum atomic E-state index is 13.7. The van der Waals surface area contributed by atoms with E-state index in [9.17, 15) is 4.79 Å². The fourth-order valence-corrected chi connectivity index (χ4v) is 6.82. The third-order valence-corrected chi connectivity index (χ3v) is 9.60. The van der Waals surface area contributed by atoms with E-state index in [1.807, 2.05) is 79.3 Å². The third kappa shape index (κ3) is 9.11. The molecule has 3 N–H and O–H groups in total. The highest BCUT2D eigenvalue weighted by Gasteiger charge is 2.30. The number of benzene rings is 2. The Kier molecular flexibility index (Phi) is 12.0. The summed E-state index contributed by atoms with van der Waals surface area (Å²) in [5, 5.41) is 27.0. The molecule has 54 heavy (non-hydrogen) atoms. The van der Waals surface area contributed by atoms with Gasteiger partial charge in [0.25, 0.3) is 6.47 Å². The number of carbonyl (C=O) groups excluding carboxylic acids is 1. The lowest BCUT2D eigenvalue weighted by atomic mass is 9.85. The van der Waals surface area contributed by atoms with E-state index in [0.29, 0.717) is 12.4 Å². The Morgan fingerprint density at radius 3 is 2.46 bits per heavy atom. The number of carbonyl (C=O) groups is 2. The maximum absolute atomic E-state index is 13.7. The van der Waals surface area contributed by atoms with E-state index < -0.39 is 0 Å². The third-order valence-electron chi connectivity index (χ3n) is 9.60. The zero-order valence-electron chi connectivity index (χ0n) is 31.7. The van der Waals surface area contributed by atoms with Gasteiger partial charge >= 0.3 is 6.03 Å². The van der Waals surface area contributed by atoms with Crippen molar-refractivity contribution in [1.29, 1.82) is 0 Å². The van der Waals surface area contributed by atoms with Crippen LogP contribution in [0.2, 0.25) is 0 Å². The monoisotopic (exact) mass is 737 g/mol. The van der Waals surface area contributed by atoms with E-state index in [2.05, 4.69) is 63.5 Å². The lowest BCUT2D eigenvalue weighted by Gasteiger charge is -2.32. The molecule has 4 heterocycles. The fraction of sp³-hybridized carbons (Fsp3) is 0.425. The molecule has 1 aliphatic carbocycles. The number of piperidine rings is 1. The molecule has 2 atom stereocenters. The first-order valence-electron chi connectivity index (χ1n) is 18.5. The lowest BCUT2D eigenvalue weighted by molar-refractivity contribution is -0.122. The highest BCUT2D eigenvalue weighted by molar-refractivity contribution is 5.89. The number of hydrogen-bond donors (Lipinski definition) is 3. The van der Waals surface area contributed by atoms with Gasteiger partial charge in [-0.3, -0.25) is 14.5 Å². The number of urea groups is 1. The summed E-state index contributed by atoms with van der Waals surface area (Å²) >= 11 is 0. The Balaban J connectivity index is 0.00000160. The van der Waals surface area contributed by atoms with E-state index in [0.717, 1.165) is 78.1 Å². The van der Waals surface area contributed by atoms with Crippen molar-refractivity contribution < 1.29 is 24.2 Å². The normalized spacial score (nSPS) is 17.0. The van der Waals surface area contributed by atoms with Crippen molar-refractivity contribution in [3.63, 3.8) is 0 Å². The number of amides is 2. The number of rotatable bonds is 10. The highest BCUT2D eigenvalue weighted by Crippen LogP contribution is 2.39. The van der Waals surface area contributed by atoms with Gasteiger partial charge in [-0.1, -0.05) is 51.1 Å². The van der Waals surface area contributed by atoms with E-state index in [-0.39, 0.29) is 30.1 Å². The second-order valence-electron chi connectivity index (χ2n) is 14.9. The quantitative estimate of drug-likeness (QED) is 0.133. The molecule has 7 rings (SSSR count). The minimum atomic E-state index is -0.294. The number of ether oxygens (including phenoxy) is 2. The first-order chi connectivity index (χ1) is 26.0. The number of hydrogen-bond acceptors (Lipinski definition) is 9. The summed E-state index contributed by atoms with van der Waals surface area (Å²) in [5.41, 5.74) is 4.38. The number of likely N-dealkylation sites (N-methyl/N-ethyl adjacent to an activating group) is 1. The molecule has 3 aromatic heterocycles. The van der Waals surface area contributed by atoms with Crippen LogP contribution in [0.3, 0.4) is 0 Å². The van der Waals surface area contributed by atoms with E-state index in [4.69, 9.17) is 24.5 Å². The van der Waals surface area contributed by atoms with Gasteiger partial charge in [0.1, 0.15) is 30.0 Å². The first-order valence-corrected chi connectivity index (χ1v) is 18.5. The number of carboxylic acid groups (broad SMARTS) is 1. The number of nitrogens with one attached hydrogen (secondary N) is 2. The molecule has 1 fully saturated rings. The summed E-state index contributed by atoms with van der Waals surface area (Å²) in [7, 11) is 4.04. The minimum absolute atomic E-state index is 0.155. The molecule has 5 aromatic rings. The van der Waals surface area contributed by atoms with E-state index >= 15 is 0 Å². The molecular weight excluding hydrogens is 686 g/mol. The topological polar surface area (TPSA) is 151 Å². The van der Waals surface area contributed by atoms with Crippen molar-refractivity contribution in [2.75, 3.05) is 50.6 Å². The van der Waals surface area contributed by atoms with E-state index in [1.54, 1.807) is 4.68 Å². The average molecular weight is 738 g/mol. The lowest BCUT2D eigenvalue weighted by Crippen LogP contribution is -2.36. The molecule has 0 spiro atoms. The van der Waals surface area contributed by atoms with Crippen molar-refractivity contribution in [3.8, 4) is 17.2 Å². The zero-order valence-corrected chi connectivity index (χ0v) is 31.7. The van der Waals surface area contributed by atoms with Gasteiger partial charge < -0.3 is 29.7 Å². The Bertz CT molecular complexity index is 2030. The molecule has 0 radical (unpaired) electrons. The van der Waals surface area contributed by atoms with Crippen LogP contribution in [0.4, 0.5) is 16.6 Å². The van der Waals surface area contributed by atoms with Gasteiger partial charge in [-0.2, -0.15) is 5.10 Å². The van der Waals surface area contributed by atoms with Crippen LogP contribution in [0.15, 0.2) is 72.9 Å². The summed E-state index contributed by atoms with van der Waals surface area (Å²) in [6.07, 6.45) is 6.90. The molecule has 2 aliphatic rings. The second-order valence-corrected chi connectivity index (χ2v) is 14.9. The molecule has 0 bridgehead atoms. The molecular formula is C40H51N9O5. The highest BCUT2D eigenvalue weighted by atomic mass is 16.5. The van der Waals surface area contributed by atoms with E-state index in [1.165, 1.54) is 19.3 Å². The van der Waals surface area contributed by atoms with Gasteiger partial charge in [-0.25, -0.2) is 9.48 Å². The molecule has 1 saturated heterocycles. The fourth-order valence-electron chi connectivity index (χ4n) is 6.82. The summed E-state index contributed by atoms with van der Waals surface area (Å²) in [6.45, 7) is 9.44. The van der Waals surface area contributed by atoms with Gasteiger partial charge in [0.05, 0.1) is 23.6 Å². The zero-order chi connectivity index (χ0) is 38.2. The summed E-state index contributed by atoms with van der Waals surface area (Å²) < 4.78 is 16.5. The Morgan fingerprint density at radius 2 is 1.72 bits per heavy atom. The molecule has 1 aliphatic heterocycles. The Labute approximate surface area is 316 Å². The van der Waals surface area contributed by atoms with Crippen molar-refractivity contribution in [3.05, 3.63) is 89.7 Å². The number of nitrogens with zero attached hydrogens (tertiary/aromatic N) is 7. The molecule has 14 nitrogen and oxygen atoms in total. The largest absolute Gasteiger partial charge is 0.492 e. The van der Waals surface area contributed by atoms with Crippen LogP contribution in [-0.4, -0.2) is 87.2 Å². The predicted molar refractivity (Wildman–Crippen MR) is 208 cm³/mol. The van der Waals surface area contributed by atoms with Crippen molar-refractivity contribution in [1.82, 2.24) is 34.6 Å². The van der Waals surface area contributed by atoms with Gasteiger partial charge in [-0.05, 0) is 81.6 Å². The van der Waals surface area contributed by atoms with Crippen LogP contribution in [-0.2, 0) is 10.2 Å². The number of fused-ring (bicyclic) bond motifs is 2. The second kappa shape index (κ2) is 17.0.